The molecule has 0 bridgehead atoms. The molecule has 2 aromatic heterocycles. The van der Waals surface area contributed by atoms with Crippen LogP contribution in [0.15, 0.2) is 79.1 Å². The summed E-state index contributed by atoms with van der Waals surface area (Å²) < 4.78 is 5.52. The summed E-state index contributed by atoms with van der Waals surface area (Å²) in [5.41, 5.74) is 13.0. The number of fused-ring (bicyclic) bond motifs is 7. The van der Waals surface area contributed by atoms with Crippen LogP contribution < -0.4 is 9.13 Å². The molecule has 2 nitrogen and oxygen atoms in total. The maximum atomic E-state index is 2.82. The zero-order chi connectivity index (χ0) is 36.4. The van der Waals surface area contributed by atoms with Crippen LogP contribution in [0.4, 0.5) is 0 Å². The van der Waals surface area contributed by atoms with Gasteiger partial charge in [0.1, 0.15) is 5.41 Å². The summed E-state index contributed by atoms with van der Waals surface area (Å²) in [6, 6.07) is 26.5. The third-order valence-corrected chi connectivity index (χ3v) is 16.2. The molecule has 2 aromatic carbocycles. The van der Waals surface area contributed by atoms with E-state index in [-0.39, 0.29) is 38.0 Å². The summed E-state index contributed by atoms with van der Waals surface area (Å²) in [7, 11) is 0. The van der Waals surface area contributed by atoms with Crippen molar-refractivity contribution in [3.05, 3.63) is 107 Å². The van der Waals surface area contributed by atoms with E-state index in [0.29, 0.717) is 6.04 Å². The first-order valence-electron chi connectivity index (χ1n) is 19.6. The average Bonchev–Trinajstić information content (AvgIpc) is 3.43. The summed E-state index contributed by atoms with van der Waals surface area (Å²) in [4.78, 5) is 0. The second-order valence-electron chi connectivity index (χ2n) is 19.4. The standard InChI is InChI=1S/C48H64N2/c1-15-47-27-26-41(49-28-20-19-23-39(49)34-22-18-17-21-32(34)3)48(47,16-2)36-30-38-37(43(7,8)45(11,12)46(13,14)44(38,9)10)29-35(36)40-25-24-33(31-50(40)47)42(4,5)6/h17-25,28-31,41H,15-16,26-27H2,1-14H3/q+2. The zero-order valence-corrected chi connectivity index (χ0v) is 33.8. The lowest BCUT2D eigenvalue weighted by atomic mass is 9.39. The first-order chi connectivity index (χ1) is 23.3. The van der Waals surface area contributed by atoms with Crippen LogP contribution in [-0.2, 0) is 27.2 Å². The molecular weight excluding hydrogens is 605 g/mol. The van der Waals surface area contributed by atoms with Crippen molar-refractivity contribution >= 4 is 0 Å². The van der Waals surface area contributed by atoms with E-state index in [1.165, 1.54) is 39.2 Å². The van der Waals surface area contributed by atoms with E-state index in [0.717, 1.165) is 25.7 Å². The Bertz CT molecular complexity index is 2000. The van der Waals surface area contributed by atoms with Crippen LogP contribution in [0.2, 0.25) is 0 Å². The zero-order valence-electron chi connectivity index (χ0n) is 33.8. The molecule has 264 valence electrons. The predicted octanol–water partition coefficient (Wildman–Crippen LogP) is 11.6. The summed E-state index contributed by atoms with van der Waals surface area (Å²) in [5, 5.41) is 0. The number of pyridine rings is 2. The molecule has 0 saturated heterocycles. The van der Waals surface area contributed by atoms with Crippen molar-refractivity contribution in [3.8, 4) is 22.5 Å². The quantitative estimate of drug-likeness (QED) is 0.191. The van der Waals surface area contributed by atoms with Gasteiger partial charge in [0, 0.05) is 48.6 Å². The largest absolute Gasteiger partial charge is 0.213 e. The molecule has 2 heteroatoms. The van der Waals surface area contributed by atoms with E-state index in [9.17, 15) is 0 Å². The highest BCUT2D eigenvalue weighted by Gasteiger charge is 2.73. The van der Waals surface area contributed by atoms with Crippen LogP contribution in [0.25, 0.3) is 22.5 Å². The van der Waals surface area contributed by atoms with Gasteiger partial charge in [-0.2, -0.15) is 9.13 Å². The normalized spacial score (nSPS) is 26.8. The van der Waals surface area contributed by atoms with Crippen LogP contribution >= 0.6 is 0 Å². The van der Waals surface area contributed by atoms with Crippen molar-refractivity contribution < 1.29 is 9.13 Å². The predicted molar refractivity (Wildman–Crippen MR) is 210 cm³/mol. The third-order valence-electron chi connectivity index (χ3n) is 16.2. The average molecular weight is 669 g/mol. The molecule has 1 aliphatic heterocycles. The van der Waals surface area contributed by atoms with Crippen molar-refractivity contribution in [3.63, 3.8) is 0 Å². The summed E-state index contributed by atoms with van der Waals surface area (Å²) in [5.74, 6) is 0. The molecule has 3 atom stereocenters. The minimum absolute atomic E-state index is 0.00744. The van der Waals surface area contributed by atoms with Crippen molar-refractivity contribution in [1.29, 1.82) is 0 Å². The first kappa shape index (κ1) is 35.2. The van der Waals surface area contributed by atoms with E-state index in [1.807, 2.05) is 0 Å². The van der Waals surface area contributed by atoms with Gasteiger partial charge < -0.3 is 0 Å². The lowest BCUT2D eigenvalue weighted by molar-refractivity contribution is -0.783. The van der Waals surface area contributed by atoms with E-state index < -0.39 is 0 Å². The molecule has 0 spiro atoms. The monoisotopic (exact) mass is 669 g/mol. The fraction of sp³-hybridized carbons (Fsp3) is 0.542. The van der Waals surface area contributed by atoms with Gasteiger partial charge in [0.25, 0.3) is 0 Å². The van der Waals surface area contributed by atoms with Crippen LogP contribution in [0.3, 0.4) is 0 Å². The highest BCUT2D eigenvalue weighted by molar-refractivity contribution is 5.71. The van der Waals surface area contributed by atoms with Gasteiger partial charge in [-0.15, -0.1) is 0 Å². The van der Waals surface area contributed by atoms with Gasteiger partial charge >= 0.3 is 0 Å². The van der Waals surface area contributed by atoms with Gasteiger partial charge in [-0.05, 0) is 86.9 Å². The Labute approximate surface area is 304 Å². The number of hydrogen-bond acceptors (Lipinski definition) is 0. The number of aryl methyl sites for hydroxylation is 1. The topological polar surface area (TPSA) is 7.76 Å². The number of hydrogen-bond donors (Lipinski definition) is 0. The SMILES string of the molecule is CCC12c3cc4c(cc3-c3ccc(C(C)(C)C)c[n+]3C1(CC)CCC2[n+]1ccccc1-c1ccccc1C)C(C)(C)C(C)(C)C(C)(C)C4(C)C. The molecule has 2 aliphatic carbocycles. The molecule has 7 rings (SSSR count). The fourth-order valence-corrected chi connectivity index (χ4v) is 11.5. The van der Waals surface area contributed by atoms with E-state index in [1.54, 1.807) is 11.1 Å². The van der Waals surface area contributed by atoms with Gasteiger partial charge in [-0.25, -0.2) is 0 Å². The van der Waals surface area contributed by atoms with Crippen molar-refractivity contribution in [2.75, 3.05) is 0 Å². The molecule has 0 amide bonds. The number of benzene rings is 2. The Morgan fingerprint density at radius 2 is 1.30 bits per heavy atom. The van der Waals surface area contributed by atoms with E-state index >= 15 is 0 Å². The maximum absolute atomic E-state index is 2.82. The minimum atomic E-state index is -0.110. The van der Waals surface area contributed by atoms with E-state index in [2.05, 4.69) is 185 Å². The Kier molecular flexibility index (Phi) is 7.65. The second-order valence-corrected chi connectivity index (χ2v) is 19.4. The Hall–Kier alpha value is -3.26. The first-order valence-corrected chi connectivity index (χ1v) is 19.6. The molecule has 4 aromatic rings. The second kappa shape index (κ2) is 10.9. The molecule has 0 N–H and O–H groups in total. The fourth-order valence-electron chi connectivity index (χ4n) is 11.5. The molecule has 1 saturated carbocycles. The third kappa shape index (κ3) is 4.14. The highest BCUT2D eigenvalue weighted by atomic mass is 15.2. The van der Waals surface area contributed by atoms with E-state index in [4.69, 9.17) is 0 Å². The van der Waals surface area contributed by atoms with Crippen molar-refractivity contribution in [2.24, 2.45) is 10.8 Å². The lowest BCUT2D eigenvalue weighted by Crippen LogP contribution is -2.71. The van der Waals surface area contributed by atoms with Gasteiger partial charge in [-0.1, -0.05) is 114 Å². The lowest BCUT2D eigenvalue weighted by Gasteiger charge is -2.64. The molecular formula is C48H64N2+2. The highest BCUT2D eigenvalue weighted by Crippen LogP contribution is 2.68. The molecule has 1 fully saturated rings. The number of rotatable bonds is 4. The summed E-state index contributed by atoms with van der Waals surface area (Å²) in [6.45, 7) is 34.6. The Morgan fingerprint density at radius 1 is 0.680 bits per heavy atom. The summed E-state index contributed by atoms with van der Waals surface area (Å²) in [6.07, 6.45) is 9.46. The number of nitrogens with zero attached hydrogens (tertiary/aromatic N) is 2. The van der Waals surface area contributed by atoms with Crippen LogP contribution in [0, 0.1) is 17.8 Å². The van der Waals surface area contributed by atoms with Crippen LogP contribution in [-0.4, -0.2) is 0 Å². The molecule has 3 aliphatic rings. The molecule has 3 heterocycles. The Balaban J connectivity index is 1.63. The Morgan fingerprint density at radius 3 is 1.90 bits per heavy atom. The van der Waals surface area contributed by atoms with Crippen molar-refractivity contribution in [1.82, 2.24) is 0 Å². The molecule has 0 radical (unpaired) electrons. The van der Waals surface area contributed by atoms with Crippen LogP contribution in [0.1, 0.15) is 150 Å². The minimum Gasteiger partial charge on any atom is -0.194 e. The number of aromatic nitrogens is 2. The van der Waals surface area contributed by atoms with Gasteiger partial charge in [0.15, 0.2) is 24.0 Å². The van der Waals surface area contributed by atoms with Gasteiger partial charge in [0.05, 0.1) is 5.56 Å². The van der Waals surface area contributed by atoms with Gasteiger partial charge in [-0.3, -0.25) is 0 Å². The van der Waals surface area contributed by atoms with Crippen molar-refractivity contribution in [2.45, 2.75) is 156 Å². The van der Waals surface area contributed by atoms with Gasteiger partial charge in [0.2, 0.25) is 11.4 Å². The summed E-state index contributed by atoms with van der Waals surface area (Å²) >= 11 is 0. The smallest absolute Gasteiger partial charge is 0.194 e. The molecule has 50 heavy (non-hydrogen) atoms. The molecule has 3 unspecified atom stereocenters. The van der Waals surface area contributed by atoms with Crippen LogP contribution in [0.5, 0.6) is 0 Å². The maximum Gasteiger partial charge on any atom is 0.213 e.